The van der Waals surface area contributed by atoms with Crippen LogP contribution in [0.1, 0.15) is 18.4 Å². The van der Waals surface area contributed by atoms with Gasteiger partial charge in [0.25, 0.3) is 0 Å². The number of hydrogen-bond acceptors (Lipinski definition) is 2. The SMILES string of the molecule is COc1ccc(C2(C(=O)O)CC2)c(F)c1Cl. The van der Waals surface area contributed by atoms with Gasteiger partial charge in [-0.1, -0.05) is 17.7 Å². The predicted molar refractivity (Wildman–Crippen MR) is 56.5 cm³/mol. The minimum atomic E-state index is -1.08. The summed E-state index contributed by atoms with van der Waals surface area (Å²) in [6.45, 7) is 0. The second-order valence-electron chi connectivity index (χ2n) is 3.83. The minimum absolute atomic E-state index is 0.144. The van der Waals surface area contributed by atoms with Gasteiger partial charge in [-0.2, -0.15) is 0 Å². The Hall–Kier alpha value is -1.29. The van der Waals surface area contributed by atoms with E-state index in [1.165, 1.54) is 19.2 Å². The van der Waals surface area contributed by atoms with Crippen molar-refractivity contribution < 1.29 is 19.0 Å². The van der Waals surface area contributed by atoms with Gasteiger partial charge in [-0.25, -0.2) is 4.39 Å². The number of aliphatic carboxylic acids is 1. The van der Waals surface area contributed by atoms with Crippen LogP contribution in [0.2, 0.25) is 5.02 Å². The van der Waals surface area contributed by atoms with Crippen molar-refractivity contribution in [2.45, 2.75) is 18.3 Å². The summed E-state index contributed by atoms with van der Waals surface area (Å²) in [7, 11) is 1.38. The normalized spacial score (nSPS) is 16.9. The Balaban J connectivity index is 2.52. The molecule has 1 N–H and O–H groups in total. The standard InChI is InChI=1S/C11H10ClFO3/c1-16-7-3-2-6(9(13)8(7)12)11(4-5-11)10(14)15/h2-3H,4-5H2,1H3,(H,14,15). The third-order valence-electron chi connectivity index (χ3n) is 2.94. The number of ether oxygens (including phenoxy) is 1. The molecule has 0 unspecified atom stereocenters. The second kappa shape index (κ2) is 3.63. The van der Waals surface area contributed by atoms with Crippen LogP contribution in [0.3, 0.4) is 0 Å². The maximum absolute atomic E-state index is 13.9. The van der Waals surface area contributed by atoms with Gasteiger partial charge in [0.1, 0.15) is 16.6 Å². The second-order valence-corrected chi connectivity index (χ2v) is 4.21. The van der Waals surface area contributed by atoms with Crippen LogP contribution in [-0.4, -0.2) is 18.2 Å². The molecule has 5 heteroatoms. The maximum Gasteiger partial charge on any atom is 0.314 e. The van der Waals surface area contributed by atoms with E-state index in [1.54, 1.807) is 0 Å². The fourth-order valence-corrected chi connectivity index (χ4v) is 2.02. The van der Waals surface area contributed by atoms with Crippen LogP contribution in [0.5, 0.6) is 5.75 Å². The number of rotatable bonds is 3. The molecule has 0 heterocycles. The lowest BCUT2D eigenvalue weighted by molar-refractivity contribution is -0.140. The third-order valence-corrected chi connectivity index (χ3v) is 3.29. The highest BCUT2D eigenvalue weighted by Gasteiger charge is 2.53. The van der Waals surface area contributed by atoms with E-state index in [4.69, 9.17) is 21.4 Å². The first-order valence-electron chi connectivity index (χ1n) is 4.79. The molecule has 0 bridgehead atoms. The van der Waals surface area contributed by atoms with Crippen LogP contribution in [0.15, 0.2) is 12.1 Å². The van der Waals surface area contributed by atoms with Crippen LogP contribution in [0.4, 0.5) is 4.39 Å². The largest absolute Gasteiger partial charge is 0.495 e. The maximum atomic E-state index is 13.9. The fraction of sp³-hybridized carbons (Fsp3) is 0.364. The lowest BCUT2D eigenvalue weighted by Crippen LogP contribution is -2.21. The molecule has 0 aliphatic heterocycles. The number of carboxylic acids is 1. The predicted octanol–water partition coefficient (Wildman–Crippen LogP) is 2.60. The quantitative estimate of drug-likeness (QED) is 0.889. The lowest BCUT2D eigenvalue weighted by atomic mass is 9.95. The number of hydrogen-bond donors (Lipinski definition) is 1. The third kappa shape index (κ3) is 1.45. The van der Waals surface area contributed by atoms with Gasteiger partial charge >= 0.3 is 5.97 Å². The fourth-order valence-electron chi connectivity index (χ4n) is 1.78. The summed E-state index contributed by atoms with van der Waals surface area (Å²) >= 11 is 5.74. The van der Waals surface area contributed by atoms with Crippen LogP contribution >= 0.6 is 11.6 Å². The van der Waals surface area contributed by atoms with Gasteiger partial charge in [0.05, 0.1) is 12.5 Å². The van der Waals surface area contributed by atoms with Crippen molar-refractivity contribution in [3.05, 3.63) is 28.5 Å². The molecule has 0 saturated heterocycles. The molecule has 1 aromatic carbocycles. The number of carbonyl (C=O) groups is 1. The van der Waals surface area contributed by atoms with E-state index in [-0.39, 0.29) is 16.3 Å². The molecule has 0 radical (unpaired) electrons. The van der Waals surface area contributed by atoms with E-state index in [9.17, 15) is 9.18 Å². The summed E-state index contributed by atoms with van der Waals surface area (Å²) < 4.78 is 18.7. The van der Waals surface area contributed by atoms with E-state index in [0.717, 1.165) is 0 Å². The minimum Gasteiger partial charge on any atom is -0.495 e. The topological polar surface area (TPSA) is 46.5 Å². The van der Waals surface area contributed by atoms with Gasteiger partial charge in [0.2, 0.25) is 0 Å². The van der Waals surface area contributed by atoms with Crippen molar-refractivity contribution in [1.29, 1.82) is 0 Å². The molecular weight excluding hydrogens is 235 g/mol. The highest BCUT2D eigenvalue weighted by molar-refractivity contribution is 6.32. The molecule has 0 aromatic heterocycles. The molecule has 1 aromatic rings. The molecule has 1 saturated carbocycles. The van der Waals surface area contributed by atoms with Gasteiger partial charge in [-0.3, -0.25) is 4.79 Å². The molecular formula is C11H10ClFO3. The Bertz CT molecular complexity index is 455. The van der Waals surface area contributed by atoms with Gasteiger partial charge < -0.3 is 9.84 Å². The zero-order valence-electron chi connectivity index (χ0n) is 8.59. The smallest absolute Gasteiger partial charge is 0.314 e. The molecule has 1 aliphatic rings. The summed E-state index contributed by atoms with van der Waals surface area (Å²) in [5.74, 6) is -1.49. The monoisotopic (exact) mass is 244 g/mol. The molecule has 0 atom stereocenters. The molecule has 1 fully saturated rings. The molecule has 86 valence electrons. The molecule has 16 heavy (non-hydrogen) atoms. The van der Waals surface area contributed by atoms with Gasteiger partial charge in [0, 0.05) is 5.56 Å². The van der Waals surface area contributed by atoms with Crippen LogP contribution < -0.4 is 4.74 Å². The van der Waals surface area contributed by atoms with Crippen molar-refractivity contribution in [3.8, 4) is 5.75 Å². The Kier molecular flexibility index (Phi) is 2.54. The molecule has 2 rings (SSSR count). The van der Waals surface area contributed by atoms with E-state index < -0.39 is 17.2 Å². The van der Waals surface area contributed by atoms with Crippen molar-refractivity contribution >= 4 is 17.6 Å². The summed E-state index contributed by atoms with van der Waals surface area (Å²) in [6, 6.07) is 2.92. The average Bonchev–Trinajstić information content (AvgIpc) is 3.03. The highest BCUT2D eigenvalue weighted by atomic mass is 35.5. The number of methoxy groups -OCH3 is 1. The van der Waals surface area contributed by atoms with Gasteiger partial charge in [-0.05, 0) is 18.9 Å². The first kappa shape index (κ1) is 11.2. The summed E-state index contributed by atoms with van der Waals surface area (Å²) in [6.07, 6.45) is 0.893. The first-order valence-corrected chi connectivity index (χ1v) is 5.16. The van der Waals surface area contributed by atoms with E-state index in [1.807, 2.05) is 0 Å². The number of halogens is 2. The molecule has 1 aliphatic carbocycles. The van der Waals surface area contributed by atoms with Crippen LogP contribution in [-0.2, 0) is 10.2 Å². The van der Waals surface area contributed by atoms with E-state index in [0.29, 0.717) is 12.8 Å². The molecule has 0 amide bonds. The molecule has 0 spiro atoms. The lowest BCUT2D eigenvalue weighted by Gasteiger charge is -2.13. The van der Waals surface area contributed by atoms with Crippen molar-refractivity contribution in [3.63, 3.8) is 0 Å². The number of carboxylic acid groups (broad SMARTS) is 1. The Morgan fingerprint density at radius 3 is 2.62 bits per heavy atom. The van der Waals surface area contributed by atoms with E-state index in [2.05, 4.69) is 0 Å². The highest BCUT2D eigenvalue weighted by Crippen LogP contribution is 2.50. The summed E-state index contributed by atoms with van der Waals surface area (Å²) in [4.78, 5) is 11.1. The van der Waals surface area contributed by atoms with Crippen molar-refractivity contribution in [2.75, 3.05) is 7.11 Å². The van der Waals surface area contributed by atoms with Crippen LogP contribution in [0.25, 0.3) is 0 Å². The Labute approximate surface area is 96.8 Å². The van der Waals surface area contributed by atoms with Crippen molar-refractivity contribution in [2.24, 2.45) is 0 Å². The Morgan fingerprint density at radius 1 is 1.56 bits per heavy atom. The zero-order chi connectivity index (χ0) is 11.9. The van der Waals surface area contributed by atoms with Gasteiger partial charge in [-0.15, -0.1) is 0 Å². The summed E-state index contributed by atoms with van der Waals surface area (Å²) in [5, 5.41) is 8.90. The van der Waals surface area contributed by atoms with E-state index >= 15 is 0 Å². The van der Waals surface area contributed by atoms with Gasteiger partial charge in [0.15, 0.2) is 0 Å². The first-order chi connectivity index (χ1) is 7.53. The summed E-state index contributed by atoms with van der Waals surface area (Å²) in [5.41, 5.74) is -0.939. The van der Waals surface area contributed by atoms with Crippen molar-refractivity contribution in [1.82, 2.24) is 0 Å². The zero-order valence-corrected chi connectivity index (χ0v) is 9.34. The average molecular weight is 245 g/mol. The molecule has 3 nitrogen and oxygen atoms in total. The van der Waals surface area contributed by atoms with Crippen LogP contribution in [0, 0.1) is 5.82 Å². The Morgan fingerprint density at radius 2 is 2.19 bits per heavy atom. The number of benzene rings is 1.